The Morgan fingerprint density at radius 1 is 1.03 bits per heavy atom. The molecule has 2 aromatic rings. The van der Waals surface area contributed by atoms with Crippen molar-refractivity contribution in [1.82, 2.24) is 10.2 Å². The van der Waals surface area contributed by atoms with Crippen LogP contribution in [0, 0.1) is 5.82 Å². The first-order chi connectivity index (χ1) is 14.4. The van der Waals surface area contributed by atoms with E-state index in [1.807, 2.05) is 30.3 Å². The van der Waals surface area contributed by atoms with Crippen molar-refractivity contribution in [2.24, 2.45) is 0 Å². The van der Waals surface area contributed by atoms with Gasteiger partial charge in [-0.3, -0.25) is 4.79 Å². The fourth-order valence-electron chi connectivity index (χ4n) is 3.27. The number of nitrogens with one attached hydrogen (secondary N) is 1. The maximum atomic E-state index is 13.0. The van der Waals surface area contributed by atoms with Crippen LogP contribution in [-0.4, -0.2) is 50.2 Å². The zero-order chi connectivity index (χ0) is 21.6. The maximum Gasteiger partial charge on any atom is 0.407 e. The van der Waals surface area contributed by atoms with Gasteiger partial charge in [0.25, 0.3) is 0 Å². The topological polar surface area (TPSA) is 92.8 Å². The van der Waals surface area contributed by atoms with Gasteiger partial charge in [0, 0.05) is 13.1 Å². The first-order valence-electron chi connectivity index (χ1n) is 9.58. The Morgan fingerprint density at radius 2 is 1.67 bits per heavy atom. The summed E-state index contributed by atoms with van der Waals surface area (Å²) in [6.07, 6.45) is -0.130. The van der Waals surface area contributed by atoms with Gasteiger partial charge in [-0.15, -0.1) is 0 Å². The van der Waals surface area contributed by atoms with Gasteiger partial charge in [-0.05, 0) is 42.7 Å². The van der Waals surface area contributed by atoms with E-state index in [1.54, 1.807) is 0 Å². The highest BCUT2D eigenvalue weighted by Gasteiger charge is 2.32. The first-order valence-corrected chi connectivity index (χ1v) is 11.1. The van der Waals surface area contributed by atoms with E-state index in [9.17, 15) is 22.4 Å². The minimum atomic E-state index is -3.58. The van der Waals surface area contributed by atoms with Gasteiger partial charge in [-0.2, -0.15) is 0 Å². The van der Waals surface area contributed by atoms with Crippen molar-refractivity contribution in [3.63, 3.8) is 0 Å². The predicted octanol–water partition coefficient (Wildman–Crippen LogP) is 2.52. The maximum absolute atomic E-state index is 13.0. The third-order valence-corrected chi connectivity index (χ3v) is 7.25. The van der Waals surface area contributed by atoms with Crippen LogP contribution in [0.2, 0.25) is 0 Å². The molecule has 3 rings (SSSR count). The lowest BCUT2D eigenvalue weighted by Crippen LogP contribution is -2.46. The fraction of sp³-hybridized carbons (Fsp3) is 0.333. The first kappa shape index (κ1) is 21.8. The molecule has 1 fully saturated rings. The predicted molar refractivity (Wildman–Crippen MR) is 108 cm³/mol. The van der Waals surface area contributed by atoms with E-state index >= 15 is 0 Å². The van der Waals surface area contributed by atoms with Gasteiger partial charge < -0.3 is 15.0 Å². The summed E-state index contributed by atoms with van der Waals surface area (Å²) in [6.45, 7) is 0.422. The Labute approximate surface area is 174 Å². The highest BCUT2D eigenvalue weighted by atomic mass is 32.2. The molecule has 0 aromatic heterocycles. The molecule has 1 saturated heterocycles. The van der Waals surface area contributed by atoms with Crippen LogP contribution in [-0.2, 0) is 26.0 Å². The largest absolute Gasteiger partial charge is 0.445 e. The number of likely N-dealkylation sites (tertiary alicyclic amines) is 1. The quantitative estimate of drug-likeness (QED) is 0.706. The Bertz CT molecular complexity index is 972. The van der Waals surface area contributed by atoms with Crippen molar-refractivity contribution in [2.45, 2.75) is 29.6 Å². The normalized spacial score (nSPS) is 14.9. The minimum Gasteiger partial charge on any atom is -0.445 e. The molecule has 2 aromatic carbocycles. The molecule has 1 aliphatic heterocycles. The van der Waals surface area contributed by atoms with E-state index in [0.717, 1.165) is 17.7 Å². The van der Waals surface area contributed by atoms with E-state index in [1.165, 1.54) is 17.0 Å². The lowest BCUT2D eigenvalue weighted by Gasteiger charge is -2.31. The van der Waals surface area contributed by atoms with Crippen molar-refractivity contribution in [3.05, 3.63) is 66.0 Å². The molecule has 0 atom stereocenters. The second-order valence-electron chi connectivity index (χ2n) is 6.99. The van der Waals surface area contributed by atoms with E-state index in [-0.39, 0.29) is 49.9 Å². The molecule has 160 valence electrons. The zero-order valence-corrected chi connectivity index (χ0v) is 17.1. The number of hydrogen-bond donors (Lipinski definition) is 1. The number of sulfone groups is 1. The van der Waals surface area contributed by atoms with E-state index in [4.69, 9.17) is 4.74 Å². The third-order valence-electron chi connectivity index (χ3n) is 4.97. The number of ether oxygens (including phenoxy) is 1. The number of hydrogen-bond acceptors (Lipinski definition) is 5. The van der Waals surface area contributed by atoms with Crippen LogP contribution in [0.25, 0.3) is 0 Å². The third kappa shape index (κ3) is 5.56. The van der Waals surface area contributed by atoms with E-state index < -0.39 is 27.0 Å². The molecule has 7 nitrogen and oxygen atoms in total. The molecule has 0 radical (unpaired) electrons. The number of carbonyl (C=O) groups is 2. The average Bonchev–Trinajstić information content (AvgIpc) is 2.77. The Balaban J connectivity index is 1.43. The van der Waals surface area contributed by atoms with Crippen LogP contribution >= 0.6 is 0 Å². The molecular weight excluding hydrogens is 411 g/mol. The molecule has 1 N–H and O–H groups in total. The van der Waals surface area contributed by atoms with Crippen LogP contribution in [0.1, 0.15) is 18.4 Å². The second-order valence-corrected chi connectivity index (χ2v) is 9.22. The molecule has 0 aliphatic carbocycles. The van der Waals surface area contributed by atoms with Gasteiger partial charge in [-0.25, -0.2) is 17.6 Å². The summed E-state index contributed by atoms with van der Waals surface area (Å²) < 4.78 is 43.5. The fourth-order valence-corrected chi connectivity index (χ4v) is 5.00. The minimum absolute atomic E-state index is 0.0801. The van der Waals surface area contributed by atoms with E-state index in [2.05, 4.69) is 5.32 Å². The van der Waals surface area contributed by atoms with Gasteiger partial charge in [0.05, 0.1) is 10.1 Å². The summed E-state index contributed by atoms with van der Waals surface area (Å²) in [4.78, 5) is 25.7. The summed E-state index contributed by atoms with van der Waals surface area (Å²) in [6, 6.07) is 13.9. The number of amides is 2. The summed E-state index contributed by atoms with van der Waals surface area (Å²) in [5, 5.41) is 1.79. The van der Waals surface area contributed by atoms with Gasteiger partial charge in [-0.1, -0.05) is 30.3 Å². The molecule has 0 unspecified atom stereocenters. The average molecular weight is 434 g/mol. The number of halogens is 1. The zero-order valence-electron chi connectivity index (χ0n) is 16.3. The number of nitrogens with zero attached hydrogens (tertiary/aromatic N) is 1. The lowest BCUT2D eigenvalue weighted by atomic mass is 10.1. The Morgan fingerprint density at radius 3 is 2.30 bits per heavy atom. The Kier molecular flexibility index (Phi) is 7.04. The van der Waals surface area contributed by atoms with Gasteiger partial charge in [0.2, 0.25) is 5.91 Å². The Hall–Kier alpha value is -2.94. The second kappa shape index (κ2) is 9.71. The molecule has 30 heavy (non-hydrogen) atoms. The summed E-state index contributed by atoms with van der Waals surface area (Å²) >= 11 is 0. The molecule has 0 bridgehead atoms. The standard InChI is InChI=1S/C21H23FN2O5S/c22-17-6-8-18(9-7-17)30(27,28)19-10-12-24(13-11-19)20(25)14-23-21(26)29-15-16-4-2-1-3-5-16/h1-9,19H,10-15H2,(H,23,26). The molecule has 0 saturated carbocycles. The molecule has 1 heterocycles. The van der Waals surface area contributed by atoms with Crippen LogP contribution in [0.5, 0.6) is 0 Å². The lowest BCUT2D eigenvalue weighted by molar-refractivity contribution is -0.131. The number of rotatable bonds is 6. The monoisotopic (exact) mass is 434 g/mol. The summed E-state index contributed by atoms with van der Waals surface area (Å²) in [7, 11) is -3.58. The SMILES string of the molecule is O=C(NCC(=O)N1CCC(S(=O)(=O)c2ccc(F)cc2)CC1)OCc1ccccc1. The molecule has 0 spiro atoms. The van der Waals surface area contributed by atoms with Crippen LogP contribution < -0.4 is 5.32 Å². The van der Waals surface area contributed by atoms with Gasteiger partial charge in [0.15, 0.2) is 9.84 Å². The van der Waals surface area contributed by atoms with Gasteiger partial charge >= 0.3 is 6.09 Å². The number of piperidine rings is 1. The smallest absolute Gasteiger partial charge is 0.407 e. The van der Waals surface area contributed by atoms with Crippen LogP contribution in [0.4, 0.5) is 9.18 Å². The molecule has 2 amide bonds. The van der Waals surface area contributed by atoms with Crippen molar-refractivity contribution < 1.29 is 27.1 Å². The molecule has 1 aliphatic rings. The van der Waals surface area contributed by atoms with Crippen molar-refractivity contribution >= 4 is 21.8 Å². The number of benzene rings is 2. The van der Waals surface area contributed by atoms with E-state index in [0.29, 0.717) is 0 Å². The van der Waals surface area contributed by atoms with Gasteiger partial charge in [0.1, 0.15) is 19.0 Å². The highest BCUT2D eigenvalue weighted by Crippen LogP contribution is 2.24. The van der Waals surface area contributed by atoms with Crippen LogP contribution in [0.3, 0.4) is 0 Å². The molecular formula is C21H23FN2O5S. The van der Waals surface area contributed by atoms with Crippen molar-refractivity contribution in [2.75, 3.05) is 19.6 Å². The summed E-state index contributed by atoms with van der Waals surface area (Å²) in [5.74, 6) is -0.798. The number of alkyl carbamates (subject to hydrolysis) is 1. The molecule has 9 heteroatoms. The van der Waals surface area contributed by atoms with Crippen molar-refractivity contribution in [1.29, 1.82) is 0 Å². The number of carbonyl (C=O) groups excluding carboxylic acids is 2. The van der Waals surface area contributed by atoms with Crippen molar-refractivity contribution in [3.8, 4) is 0 Å². The highest BCUT2D eigenvalue weighted by molar-refractivity contribution is 7.92. The summed E-state index contributed by atoms with van der Waals surface area (Å²) in [5.41, 5.74) is 0.836. The van der Waals surface area contributed by atoms with Crippen LogP contribution in [0.15, 0.2) is 59.5 Å².